The summed E-state index contributed by atoms with van der Waals surface area (Å²) in [5.74, 6) is -0.0189. The van der Waals surface area contributed by atoms with Crippen LogP contribution in [-0.4, -0.2) is 23.6 Å². The molecule has 98 valence electrons. The molecule has 0 aliphatic rings. The predicted molar refractivity (Wildman–Crippen MR) is 75.4 cm³/mol. The summed E-state index contributed by atoms with van der Waals surface area (Å²) < 4.78 is 23.6. The third kappa shape index (κ3) is 2.88. The summed E-state index contributed by atoms with van der Waals surface area (Å²) in [5, 5.41) is 2.53. The lowest BCUT2D eigenvalue weighted by molar-refractivity contribution is 0.586. The molecule has 0 saturated carbocycles. The first kappa shape index (κ1) is 13.4. The average Bonchev–Trinajstić information content (AvgIpc) is 2.86. The Labute approximate surface area is 114 Å². The fourth-order valence-electron chi connectivity index (χ4n) is 1.23. The normalized spacial score (nSPS) is 12.2. The molecule has 0 aromatic carbocycles. The van der Waals surface area contributed by atoms with Crippen molar-refractivity contribution in [3.63, 3.8) is 0 Å². The molecule has 0 unspecified atom stereocenters. The Kier molecular flexibility index (Phi) is 3.69. The van der Waals surface area contributed by atoms with Crippen molar-refractivity contribution in [3.05, 3.63) is 16.6 Å². The molecule has 2 heterocycles. The van der Waals surface area contributed by atoms with Gasteiger partial charge >= 0.3 is 0 Å². The molecule has 0 fully saturated rings. The van der Waals surface area contributed by atoms with E-state index in [4.69, 9.17) is 5.73 Å². The molecule has 18 heavy (non-hydrogen) atoms. The van der Waals surface area contributed by atoms with E-state index in [2.05, 4.69) is 9.97 Å². The van der Waals surface area contributed by atoms with E-state index < -0.39 is 9.84 Å². The van der Waals surface area contributed by atoms with Gasteiger partial charge in [0, 0.05) is 11.6 Å². The minimum absolute atomic E-state index is 0.0189. The Morgan fingerprint density at radius 1 is 1.44 bits per heavy atom. The standard InChI is InChI=1S/C10H13N3O2S3/c1-6(2)18(14,15)5-9-12-3-8(17-9)7-4-16-10(11)13-7/h3-4,6H,5H2,1-2H3,(H2,11,13). The van der Waals surface area contributed by atoms with E-state index in [1.165, 1.54) is 22.7 Å². The molecule has 0 bridgehead atoms. The summed E-state index contributed by atoms with van der Waals surface area (Å²) in [5.41, 5.74) is 6.31. The number of aromatic nitrogens is 2. The molecule has 0 atom stereocenters. The molecule has 2 N–H and O–H groups in total. The van der Waals surface area contributed by atoms with Crippen LogP contribution in [0.4, 0.5) is 5.13 Å². The third-order valence-corrected chi connectivity index (χ3v) is 6.36. The summed E-state index contributed by atoms with van der Waals surface area (Å²) in [7, 11) is -3.11. The van der Waals surface area contributed by atoms with E-state index in [9.17, 15) is 8.42 Å². The van der Waals surface area contributed by atoms with Gasteiger partial charge in [-0.25, -0.2) is 18.4 Å². The number of sulfone groups is 1. The van der Waals surface area contributed by atoms with E-state index >= 15 is 0 Å². The number of nitrogen functional groups attached to an aromatic ring is 1. The quantitative estimate of drug-likeness (QED) is 0.935. The lowest BCUT2D eigenvalue weighted by atomic mass is 10.4. The predicted octanol–water partition coefficient (Wildman–Crippen LogP) is 2.17. The average molecular weight is 303 g/mol. The van der Waals surface area contributed by atoms with Gasteiger partial charge in [0.05, 0.1) is 15.8 Å². The largest absolute Gasteiger partial charge is 0.375 e. The molecule has 0 aliphatic carbocycles. The Morgan fingerprint density at radius 2 is 2.17 bits per heavy atom. The molecule has 5 nitrogen and oxygen atoms in total. The zero-order valence-corrected chi connectivity index (χ0v) is 12.4. The SMILES string of the molecule is CC(C)S(=O)(=O)Cc1ncc(-c2csc(N)n2)s1. The molecule has 8 heteroatoms. The number of rotatable bonds is 4. The third-order valence-electron chi connectivity index (χ3n) is 2.37. The van der Waals surface area contributed by atoms with Gasteiger partial charge in [0.1, 0.15) is 10.8 Å². The van der Waals surface area contributed by atoms with Crippen LogP contribution < -0.4 is 5.73 Å². The van der Waals surface area contributed by atoms with Crippen molar-refractivity contribution < 1.29 is 8.42 Å². The number of nitrogens with two attached hydrogens (primary N) is 1. The van der Waals surface area contributed by atoms with Crippen molar-refractivity contribution in [2.24, 2.45) is 0 Å². The molecule has 0 radical (unpaired) electrons. The van der Waals surface area contributed by atoms with Crippen LogP contribution in [0.3, 0.4) is 0 Å². The Balaban J connectivity index is 2.22. The van der Waals surface area contributed by atoms with Gasteiger partial charge < -0.3 is 5.73 Å². The molecule has 2 rings (SSSR count). The number of hydrogen-bond donors (Lipinski definition) is 1. The maximum atomic E-state index is 11.8. The molecule has 0 spiro atoms. The second kappa shape index (κ2) is 4.94. The van der Waals surface area contributed by atoms with E-state index in [-0.39, 0.29) is 11.0 Å². The van der Waals surface area contributed by atoms with E-state index in [0.29, 0.717) is 10.1 Å². The lowest BCUT2D eigenvalue weighted by Crippen LogP contribution is -2.15. The van der Waals surface area contributed by atoms with Gasteiger partial charge in [-0.2, -0.15) is 0 Å². The number of hydrogen-bond acceptors (Lipinski definition) is 7. The van der Waals surface area contributed by atoms with Crippen LogP contribution in [0, 0.1) is 0 Å². The van der Waals surface area contributed by atoms with Gasteiger partial charge in [-0.05, 0) is 13.8 Å². The number of anilines is 1. The molecule has 2 aromatic heterocycles. The van der Waals surface area contributed by atoms with Crippen molar-refractivity contribution in [2.45, 2.75) is 24.9 Å². The summed E-state index contributed by atoms with van der Waals surface area (Å²) in [6, 6.07) is 0. The van der Waals surface area contributed by atoms with E-state index in [1.54, 1.807) is 20.0 Å². The van der Waals surface area contributed by atoms with Crippen molar-refractivity contribution in [1.29, 1.82) is 0 Å². The van der Waals surface area contributed by atoms with Crippen molar-refractivity contribution in [3.8, 4) is 10.6 Å². The second-order valence-corrected chi connectivity index (χ2v) is 8.61. The highest BCUT2D eigenvalue weighted by Crippen LogP contribution is 2.29. The van der Waals surface area contributed by atoms with Crippen LogP contribution in [0.15, 0.2) is 11.6 Å². The van der Waals surface area contributed by atoms with Crippen LogP contribution in [0.25, 0.3) is 10.6 Å². The second-order valence-electron chi connectivity index (χ2n) is 4.05. The number of nitrogens with zero attached hydrogens (tertiary/aromatic N) is 2. The maximum Gasteiger partial charge on any atom is 0.180 e. The van der Waals surface area contributed by atoms with E-state index in [0.717, 1.165) is 10.6 Å². The number of thiazole rings is 2. The van der Waals surface area contributed by atoms with Crippen molar-refractivity contribution >= 4 is 37.6 Å². The van der Waals surface area contributed by atoms with Gasteiger partial charge in [-0.1, -0.05) is 0 Å². The highest BCUT2D eigenvalue weighted by molar-refractivity contribution is 7.91. The van der Waals surface area contributed by atoms with Gasteiger partial charge in [0.25, 0.3) is 0 Å². The van der Waals surface area contributed by atoms with Crippen LogP contribution >= 0.6 is 22.7 Å². The minimum atomic E-state index is -3.11. The zero-order chi connectivity index (χ0) is 13.3. The van der Waals surface area contributed by atoms with Crippen molar-refractivity contribution in [1.82, 2.24) is 9.97 Å². The van der Waals surface area contributed by atoms with Gasteiger partial charge in [-0.3, -0.25) is 0 Å². The van der Waals surface area contributed by atoms with Crippen LogP contribution in [0.5, 0.6) is 0 Å². The van der Waals surface area contributed by atoms with E-state index in [1.807, 2.05) is 5.38 Å². The minimum Gasteiger partial charge on any atom is -0.375 e. The molecule has 2 aromatic rings. The molecule has 0 amide bonds. The smallest absolute Gasteiger partial charge is 0.180 e. The molecular weight excluding hydrogens is 290 g/mol. The van der Waals surface area contributed by atoms with Crippen LogP contribution in [0.2, 0.25) is 0 Å². The molecule has 0 aliphatic heterocycles. The summed E-state index contributed by atoms with van der Waals surface area (Å²) in [6.45, 7) is 3.34. The first-order chi connectivity index (χ1) is 8.38. The molecule has 0 saturated heterocycles. The lowest BCUT2D eigenvalue weighted by Gasteiger charge is -2.04. The Hall–Kier alpha value is -0.990. The summed E-state index contributed by atoms with van der Waals surface area (Å²) in [6.07, 6.45) is 1.64. The first-order valence-corrected chi connectivity index (χ1v) is 8.67. The van der Waals surface area contributed by atoms with Gasteiger partial charge in [0.15, 0.2) is 15.0 Å². The highest BCUT2D eigenvalue weighted by Gasteiger charge is 2.19. The monoisotopic (exact) mass is 303 g/mol. The first-order valence-electron chi connectivity index (χ1n) is 5.26. The van der Waals surface area contributed by atoms with Gasteiger partial charge in [-0.15, -0.1) is 22.7 Å². The highest BCUT2D eigenvalue weighted by atomic mass is 32.2. The maximum absolute atomic E-state index is 11.8. The zero-order valence-electron chi connectivity index (χ0n) is 9.95. The Morgan fingerprint density at radius 3 is 2.72 bits per heavy atom. The summed E-state index contributed by atoms with van der Waals surface area (Å²) >= 11 is 2.70. The Bertz CT molecular complexity index is 643. The fraction of sp³-hybridized carbons (Fsp3) is 0.400. The fourth-order valence-corrected chi connectivity index (χ4v) is 4.03. The van der Waals surface area contributed by atoms with Crippen molar-refractivity contribution in [2.75, 3.05) is 5.73 Å². The van der Waals surface area contributed by atoms with Gasteiger partial charge in [0.2, 0.25) is 0 Å². The molecular formula is C10H13N3O2S3. The topological polar surface area (TPSA) is 85.9 Å². The van der Waals surface area contributed by atoms with Crippen LogP contribution in [-0.2, 0) is 15.6 Å². The van der Waals surface area contributed by atoms with Crippen LogP contribution in [0.1, 0.15) is 18.9 Å². The summed E-state index contributed by atoms with van der Waals surface area (Å²) in [4.78, 5) is 9.12.